The van der Waals surface area contributed by atoms with Crippen LogP contribution in [-0.4, -0.2) is 35.8 Å². The van der Waals surface area contributed by atoms with Gasteiger partial charge in [0.15, 0.2) is 0 Å². The van der Waals surface area contributed by atoms with Crippen molar-refractivity contribution in [1.82, 2.24) is 9.97 Å². The lowest BCUT2D eigenvalue weighted by Crippen LogP contribution is -2.45. The smallest absolute Gasteiger partial charge is 0.376 e. The van der Waals surface area contributed by atoms with E-state index in [1.807, 2.05) is 0 Å². The molecule has 1 aliphatic carbocycles. The van der Waals surface area contributed by atoms with Crippen LogP contribution in [0.2, 0.25) is 0 Å². The number of alkyl halides is 3. The van der Waals surface area contributed by atoms with E-state index in [0.717, 1.165) is 19.3 Å². The second kappa shape index (κ2) is 6.05. The molecule has 1 aromatic heterocycles. The molecular formula is C13H19F3N4O. The summed E-state index contributed by atoms with van der Waals surface area (Å²) in [6.07, 6.45) is -1.71. The molecule has 0 aliphatic heterocycles. The molecule has 1 aliphatic rings. The maximum absolute atomic E-state index is 12.8. The van der Waals surface area contributed by atoms with Gasteiger partial charge in [-0.3, -0.25) is 0 Å². The third-order valence-corrected chi connectivity index (χ3v) is 3.63. The predicted octanol–water partition coefficient (Wildman–Crippen LogP) is 2.91. The van der Waals surface area contributed by atoms with E-state index in [9.17, 15) is 13.2 Å². The van der Waals surface area contributed by atoms with Gasteiger partial charge < -0.3 is 15.4 Å². The Morgan fingerprint density at radius 2 is 1.86 bits per heavy atom. The van der Waals surface area contributed by atoms with Gasteiger partial charge in [0, 0.05) is 26.3 Å². The van der Waals surface area contributed by atoms with Crippen LogP contribution >= 0.6 is 0 Å². The number of aromatic nitrogens is 2. The van der Waals surface area contributed by atoms with Crippen LogP contribution in [0.3, 0.4) is 0 Å². The standard InChI is InChI=1S/C13H19F3N4O/c1-3-17-9-7-10(20-11(19-9)13(14,15)16)18-8-12(21-2)5-4-6-12/h7H,3-6,8H2,1-2H3,(H2,17,18,19,20). The molecule has 0 atom stereocenters. The second-order valence-corrected chi connectivity index (χ2v) is 5.08. The van der Waals surface area contributed by atoms with Crippen LogP contribution < -0.4 is 10.6 Å². The molecule has 0 spiro atoms. The van der Waals surface area contributed by atoms with E-state index in [4.69, 9.17) is 4.74 Å². The summed E-state index contributed by atoms with van der Waals surface area (Å²) in [6, 6.07) is 1.47. The van der Waals surface area contributed by atoms with Crippen molar-refractivity contribution in [2.24, 2.45) is 0 Å². The summed E-state index contributed by atoms with van der Waals surface area (Å²) in [5.74, 6) is -0.845. The molecule has 2 N–H and O–H groups in total. The Labute approximate surface area is 121 Å². The Bertz CT molecular complexity index is 483. The fourth-order valence-electron chi connectivity index (χ4n) is 2.21. The molecule has 0 radical (unpaired) electrons. The number of hydrogen-bond acceptors (Lipinski definition) is 5. The number of nitrogens with one attached hydrogen (secondary N) is 2. The van der Waals surface area contributed by atoms with E-state index in [0.29, 0.717) is 13.1 Å². The van der Waals surface area contributed by atoms with Gasteiger partial charge in [-0.15, -0.1) is 0 Å². The average molecular weight is 304 g/mol. The van der Waals surface area contributed by atoms with Crippen LogP contribution in [0, 0.1) is 0 Å². The third kappa shape index (κ3) is 3.75. The monoisotopic (exact) mass is 304 g/mol. The first kappa shape index (κ1) is 15.8. The van der Waals surface area contributed by atoms with Crippen LogP contribution in [-0.2, 0) is 10.9 Å². The van der Waals surface area contributed by atoms with Crippen molar-refractivity contribution >= 4 is 11.6 Å². The first-order valence-electron chi connectivity index (χ1n) is 6.88. The van der Waals surface area contributed by atoms with Crippen LogP contribution in [0.5, 0.6) is 0 Å². The minimum atomic E-state index is -4.57. The average Bonchev–Trinajstić information content (AvgIpc) is 2.37. The lowest BCUT2D eigenvalue weighted by molar-refractivity contribution is -0.144. The molecule has 0 saturated heterocycles. The first-order valence-corrected chi connectivity index (χ1v) is 6.88. The fraction of sp³-hybridized carbons (Fsp3) is 0.692. The van der Waals surface area contributed by atoms with Crippen LogP contribution in [0.4, 0.5) is 24.8 Å². The molecule has 118 valence electrons. The quantitative estimate of drug-likeness (QED) is 0.846. The topological polar surface area (TPSA) is 59.1 Å². The van der Waals surface area contributed by atoms with Crippen LogP contribution in [0.15, 0.2) is 6.07 Å². The summed E-state index contributed by atoms with van der Waals surface area (Å²) in [5.41, 5.74) is -0.290. The molecule has 0 aromatic carbocycles. The van der Waals surface area contributed by atoms with Crippen molar-refractivity contribution in [2.75, 3.05) is 30.8 Å². The Morgan fingerprint density at radius 3 is 2.29 bits per heavy atom. The molecular weight excluding hydrogens is 285 g/mol. The summed E-state index contributed by atoms with van der Waals surface area (Å²) in [7, 11) is 1.62. The summed E-state index contributed by atoms with van der Waals surface area (Å²) in [6.45, 7) is 2.70. The first-order chi connectivity index (χ1) is 9.88. The lowest BCUT2D eigenvalue weighted by Gasteiger charge is -2.40. The minimum absolute atomic E-state index is 0.150. The highest BCUT2D eigenvalue weighted by Crippen LogP contribution is 2.35. The predicted molar refractivity (Wildman–Crippen MR) is 73.3 cm³/mol. The fourth-order valence-corrected chi connectivity index (χ4v) is 2.21. The van der Waals surface area contributed by atoms with Crippen molar-refractivity contribution < 1.29 is 17.9 Å². The largest absolute Gasteiger partial charge is 0.451 e. The van der Waals surface area contributed by atoms with Gasteiger partial charge in [0.2, 0.25) is 5.82 Å². The number of halogens is 3. The van der Waals surface area contributed by atoms with Crippen LogP contribution in [0.1, 0.15) is 32.0 Å². The highest BCUT2D eigenvalue weighted by atomic mass is 19.4. The lowest BCUT2D eigenvalue weighted by atomic mass is 9.80. The van der Waals surface area contributed by atoms with Crippen molar-refractivity contribution in [3.8, 4) is 0 Å². The van der Waals surface area contributed by atoms with E-state index in [1.54, 1.807) is 14.0 Å². The SMILES string of the molecule is CCNc1cc(NCC2(OC)CCC2)nc(C(F)(F)F)n1. The summed E-state index contributed by atoms with van der Waals surface area (Å²) in [5, 5.41) is 5.71. The molecule has 21 heavy (non-hydrogen) atoms. The molecule has 1 heterocycles. The normalized spacial score (nSPS) is 17.2. The number of ether oxygens (including phenoxy) is 1. The molecule has 0 unspecified atom stereocenters. The van der Waals surface area contributed by atoms with Gasteiger partial charge in [0.25, 0.3) is 0 Å². The summed E-state index contributed by atoms with van der Waals surface area (Å²) >= 11 is 0. The number of anilines is 2. The molecule has 1 aromatic rings. The Hall–Kier alpha value is -1.57. The van der Waals surface area contributed by atoms with E-state index in [1.165, 1.54) is 6.07 Å². The van der Waals surface area contributed by atoms with Gasteiger partial charge in [-0.2, -0.15) is 13.2 Å². The summed E-state index contributed by atoms with van der Waals surface area (Å²) in [4.78, 5) is 7.01. The Balaban J connectivity index is 2.15. The van der Waals surface area contributed by atoms with Crippen molar-refractivity contribution in [2.45, 2.75) is 38.0 Å². The third-order valence-electron chi connectivity index (χ3n) is 3.63. The van der Waals surface area contributed by atoms with Crippen molar-refractivity contribution in [1.29, 1.82) is 0 Å². The van der Waals surface area contributed by atoms with Gasteiger partial charge in [0.05, 0.1) is 5.60 Å². The molecule has 1 fully saturated rings. The molecule has 5 nitrogen and oxygen atoms in total. The van der Waals surface area contributed by atoms with Gasteiger partial charge in [-0.05, 0) is 26.2 Å². The highest BCUT2D eigenvalue weighted by molar-refractivity contribution is 5.48. The number of rotatable bonds is 6. The van der Waals surface area contributed by atoms with Crippen molar-refractivity contribution in [3.05, 3.63) is 11.9 Å². The van der Waals surface area contributed by atoms with E-state index < -0.39 is 12.0 Å². The summed E-state index contributed by atoms with van der Waals surface area (Å²) < 4.78 is 43.8. The second-order valence-electron chi connectivity index (χ2n) is 5.08. The molecule has 1 saturated carbocycles. The zero-order valence-corrected chi connectivity index (χ0v) is 12.0. The molecule has 0 bridgehead atoms. The van der Waals surface area contributed by atoms with E-state index in [-0.39, 0.29) is 17.2 Å². The number of methoxy groups -OCH3 is 1. The zero-order valence-electron chi connectivity index (χ0n) is 12.0. The van der Waals surface area contributed by atoms with Gasteiger partial charge >= 0.3 is 6.18 Å². The van der Waals surface area contributed by atoms with Gasteiger partial charge in [0.1, 0.15) is 11.6 Å². The minimum Gasteiger partial charge on any atom is -0.376 e. The van der Waals surface area contributed by atoms with Crippen molar-refractivity contribution in [3.63, 3.8) is 0 Å². The number of hydrogen-bond donors (Lipinski definition) is 2. The maximum Gasteiger partial charge on any atom is 0.451 e. The number of nitrogens with zero attached hydrogens (tertiary/aromatic N) is 2. The van der Waals surface area contributed by atoms with Gasteiger partial charge in [-0.1, -0.05) is 0 Å². The molecule has 2 rings (SSSR count). The zero-order chi connectivity index (χ0) is 15.5. The maximum atomic E-state index is 12.8. The van der Waals surface area contributed by atoms with E-state index >= 15 is 0 Å². The molecule has 8 heteroatoms. The van der Waals surface area contributed by atoms with Crippen LogP contribution in [0.25, 0.3) is 0 Å². The van der Waals surface area contributed by atoms with Gasteiger partial charge in [-0.25, -0.2) is 9.97 Å². The molecule has 0 amide bonds. The highest BCUT2D eigenvalue weighted by Gasteiger charge is 2.38. The Kier molecular flexibility index (Phi) is 4.55. The Morgan fingerprint density at radius 1 is 1.24 bits per heavy atom. The van der Waals surface area contributed by atoms with E-state index in [2.05, 4.69) is 20.6 Å².